The Balaban J connectivity index is 1.94. The minimum atomic E-state index is -0.332. The van der Waals surface area contributed by atoms with Crippen LogP contribution in [0.25, 0.3) is 11.5 Å². The lowest BCUT2D eigenvalue weighted by molar-refractivity contribution is -0.118. The van der Waals surface area contributed by atoms with Crippen molar-refractivity contribution in [2.45, 2.75) is 5.22 Å². The molecule has 0 aliphatic rings. The first-order valence-corrected chi connectivity index (χ1v) is 6.77. The third-order valence-electron chi connectivity index (χ3n) is 2.27. The fourth-order valence-corrected chi connectivity index (χ4v) is 1.93. The topological polar surface area (TPSA) is 68.0 Å². The van der Waals surface area contributed by atoms with E-state index >= 15 is 0 Å². The van der Waals surface area contributed by atoms with Crippen molar-refractivity contribution in [1.82, 2.24) is 15.5 Å². The van der Waals surface area contributed by atoms with E-state index < -0.39 is 0 Å². The summed E-state index contributed by atoms with van der Waals surface area (Å²) >= 11 is 1.14. The van der Waals surface area contributed by atoms with Crippen LogP contribution in [-0.2, 0) is 4.79 Å². The van der Waals surface area contributed by atoms with E-state index in [4.69, 9.17) is 4.42 Å². The van der Waals surface area contributed by atoms with E-state index in [1.54, 1.807) is 18.2 Å². The molecule has 0 bridgehead atoms. The summed E-state index contributed by atoms with van der Waals surface area (Å²) in [6, 6.07) is 5.73. The van der Waals surface area contributed by atoms with Crippen LogP contribution < -0.4 is 5.32 Å². The number of carbonyl (C=O) groups is 1. The third kappa shape index (κ3) is 3.92. The number of halogens is 1. The lowest BCUT2D eigenvalue weighted by Crippen LogP contribution is -2.24. The van der Waals surface area contributed by atoms with Crippen molar-refractivity contribution in [3.8, 4) is 11.5 Å². The number of aromatic nitrogens is 2. The molecule has 0 radical (unpaired) electrons. The number of rotatable bonds is 6. The molecule has 1 amide bonds. The van der Waals surface area contributed by atoms with Gasteiger partial charge in [-0.3, -0.25) is 4.79 Å². The Morgan fingerprint density at radius 3 is 2.85 bits per heavy atom. The van der Waals surface area contributed by atoms with E-state index in [1.165, 1.54) is 12.1 Å². The highest BCUT2D eigenvalue weighted by Crippen LogP contribution is 2.23. The van der Waals surface area contributed by atoms with Crippen LogP contribution in [0.15, 0.2) is 46.6 Å². The minimum absolute atomic E-state index is 0.142. The Morgan fingerprint density at radius 1 is 1.40 bits per heavy atom. The number of hydrogen-bond acceptors (Lipinski definition) is 5. The molecule has 0 spiro atoms. The van der Waals surface area contributed by atoms with Gasteiger partial charge >= 0.3 is 0 Å². The maximum absolute atomic E-state index is 12.8. The summed E-state index contributed by atoms with van der Waals surface area (Å²) in [7, 11) is 0. The largest absolute Gasteiger partial charge is 0.411 e. The average molecular weight is 293 g/mol. The van der Waals surface area contributed by atoms with E-state index in [-0.39, 0.29) is 22.7 Å². The van der Waals surface area contributed by atoms with Gasteiger partial charge in [0, 0.05) is 12.1 Å². The van der Waals surface area contributed by atoms with Crippen molar-refractivity contribution < 1.29 is 13.6 Å². The maximum atomic E-state index is 12.8. The van der Waals surface area contributed by atoms with Gasteiger partial charge in [-0.05, 0) is 24.3 Å². The van der Waals surface area contributed by atoms with Gasteiger partial charge in [-0.2, -0.15) is 0 Å². The van der Waals surface area contributed by atoms with E-state index in [2.05, 4.69) is 22.1 Å². The normalized spacial score (nSPS) is 10.2. The fourth-order valence-electron chi connectivity index (χ4n) is 1.34. The lowest BCUT2D eigenvalue weighted by Gasteiger charge is -1.98. The molecular formula is C13H12FN3O2S. The third-order valence-corrected chi connectivity index (χ3v) is 3.09. The van der Waals surface area contributed by atoms with Crippen LogP contribution in [0.3, 0.4) is 0 Å². The summed E-state index contributed by atoms with van der Waals surface area (Å²) in [4.78, 5) is 11.4. The van der Waals surface area contributed by atoms with Crippen LogP contribution in [0, 0.1) is 5.82 Å². The number of hydrogen-bond donors (Lipinski definition) is 1. The Bertz CT molecular complexity index is 598. The smallest absolute Gasteiger partial charge is 0.277 e. The molecule has 0 fully saturated rings. The molecule has 1 aromatic carbocycles. The predicted octanol–water partition coefficient (Wildman–Crippen LogP) is 2.27. The number of nitrogens with one attached hydrogen (secondary N) is 1. The van der Waals surface area contributed by atoms with E-state index in [0.29, 0.717) is 18.0 Å². The summed E-state index contributed by atoms with van der Waals surface area (Å²) in [6.45, 7) is 3.93. The van der Waals surface area contributed by atoms with Gasteiger partial charge in [0.1, 0.15) is 5.82 Å². The summed E-state index contributed by atoms with van der Waals surface area (Å²) in [5.41, 5.74) is 0.627. The number of nitrogens with zero attached hydrogens (tertiary/aromatic N) is 2. The van der Waals surface area contributed by atoms with Crippen molar-refractivity contribution in [3.05, 3.63) is 42.7 Å². The molecule has 104 valence electrons. The molecule has 7 heteroatoms. The Hall–Kier alpha value is -2.15. The van der Waals surface area contributed by atoms with E-state index in [0.717, 1.165) is 11.8 Å². The second-order valence-corrected chi connectivity index (χ2v) is 4.69. The molecule has 0 aliphatic heterocycles. The van der Waals surface area contributed by atoms with Gasteiger partial charge < -0.3 is 9.73 Å². The summed E-state index contributed by atoms with van der Waals surface area (Å²) < 4.78 is 18.2. The van der Waals surface area contributed by atoms with Crippen LogP contribution in [-0.4, -0.2) is 28.4 Å². The Kier molecular flexibility index (Phi) is 4.89. The van der Waals surface area contributed by atoms with Crippen LogP contribution in [0.1, 0.15) is 0 Å². The zero-order chi connectivity index (χ0) is 14.4. The maximum Gasteiger partial charge on any atom is 0.277 e. The Morgan fingerprint density at radius 2 is 2.15 bits per heavy atom. The van der Waals surface area contributed by atoms with E-state index in [9.17, 15) is 9.18 Å². The number of amides is 1. The van der Waals surface area contributed by atoms with Crippen molar-refractivity contribution >= 4 is 17.7 Å². The second kappa shape index (κ2) is 6.85. The summed E-state index contributed by atoms with van der Waals surface area (Å²) in [6.07, 6.45) is 1.60. The highest BCUT2D eigenvalue weighted by molar-refractivity contribution is 7.99. The van der Waals surface area contributed by atoms with Crippen molar-refractivity contribution in [2.75, 3.05) is 12.3 Å². The predicted molar refractivity (Wildman–Crippen MR) is 73.6 cm³/mol. The van der Waals surface area contributed by atoms with Gasteiger partial charge in [0.2, 0.25) is 11.8 Å². The number of carbonyl (C=O) groups excluding carboxylic acids is 1. The monoisotopic (exact) mass is 293 g/mol. The zero-order valence-electron chi connectivity index (χ0n) is 10.5. The lowest BCUT2D eigenvalue weighted by atomic mass is 10.2. The molecule has 0 unspecified atom stereocenters. The zero-order valence-corrected chi connectivity index (χ0v) is 11.3. The minimum Gasteiger partial charge on any atom is -0.411 e. The summed E-state index contributed by atoms with van der Waals surface area (Å²) in [5, 5.41) is 10.6. The quantitative estimate of drug-likeness (QED) is 0.653. The average Bonchev–Trinajstić information content (AvgIpc) is 2.92. The van der Waals surface area contributed by atoms with Gasteiger partial charge in [0.25, 0.3) is 5.22 Å². The molecular weight excluding hydrogens is 281 g/mol. The molecule has 1 aromatic heterocycles. The van der Waals surface area contributed by atoms with Crippen LogP contribution in [0.5, 0.6) is 0 Å². The SMILES string of the molecule is C=CCNC(=O)CSc1nnc(-c2ccc(F)cc2)o1. The standard InChI is InChI=1S/C13H12FN3O2S/c1-2-7-15-11(18)8-20-13-17-16-12(19-13)9-3-5-10(14)6-4-9/h2-6H,1,7-8H2,(H,15,18). The van der Waals surface area contributed by atoms with Gasteiger partial charge in [-0.15, -0.1) is 16.8 Å². The van der Waals surface area contributed by atoms with Gasteiger partial charge in [-0.1, -0.05) is 17.8 Å². The van der Waals surface area contributed by atoms with Gasteiger partial charge in [0.15, 0.2) is 0 Å². The second-order valence-electron chi connectivity index (χ2n) is 3.76. The summed E-state index contributed by atoms with van der Waals surface area (Å²) in [5.74, 6) is -0.00371. The first-order chi connectivity index (χ1) is 9.69. The highest BCUT2D eigenvalue weighted by Gasteiger charge is 2.10. The van der Waals surface area contributed by atoms with Gasteiger partial charge in [0.05, 0.1) is 5.75 Å². The fraction of sp³-hybridized carbons (Fsp3) is 0.154. The molecule has 0 atom stereocenters. The molecule has 20 heavy (non-hydrogen) atoms. The van der Waals surface area contributed by atoms with Crippen LogP contribution in [0.2, 0.25) is 0 Å². The van der Waals surface area contributed by atoms with Crippen molar-refractivity contribution in [1.29, 1.82) is 0 Å². The molecule has 0 aliphatic carbocycles. The highest BCUT2D eigenvalue weighted by atomic mass is 32.2. The molecule has 5 nitrogen and oxygen atoms in total. The van der Waals surface area contributed by atoms with Crippen LogP contribution >= 0.6 is 11.8 Å². The van der Waals surface area contributed by atoms with Gasteiger partial charge in [-0.25, -0.2) is 4.39 Å². The van der Waals surface area contributed by atoms with Crippen LogP contribution in [0.4, 0.5) is 4.39 Å². The molecule has 2 rings (SSSR count). The first kappa shape index (κ1) is 14.3. The van der Waals surface area contributed by atoms with Crippen molar-refractivity contribution in [3.63, 3.8) is 0 Å². The van der Waals surface area contributed by atoms with E-state index in [1.807, 2.05) is 0 Å². The molecule has 0 saturated carbocycles. The Labute approximate surface area is 119 Å². The molecule has 0 saturated heterocycles. The molecule has 1 N–H and O–H groups in total. The first-order valence-electron chi connectivity index (χ1n) is 5.79. The molecule has 2 aromatic rings. The van der Waals surface area contributed by atoms with Crippen molar-refractivity contribution in [2.24, 2.45) is 0 Å². The number of benzene rings is 1. The number of thioether (sulfide) groups is 1. The molecule has 1 heterocycles.